The van der Waals surface area contributed by atoms with E-state index in [-0.39, 0.29) is 0 Å². The molecule has 3 unspecified atom stereocenters. The standard InChI is InChI=1S/C10H18FN/c1-8-2-3-10(6-8)12-5-4-9(11)7-12/h8-10H,2-7H2,1H3. The van der Waals surface area contributed by atoms with Crippen molar-refractivity contribution in [1.82, 2.24) is 4.90 Å². The number of likely N-dealkylation sites (tertiary alicyclic amines) is 1. The number of nitrogens with zero attached hydrogens (tertiary/aromatic N) is 1. The van der Waals surface area contributed by atoms with E-state index >= 15 is 0 Å². The van der Waals surface area contributed by atoms with Crippen molar-refractivity contribution in [2.45, 2.75) is 44.8 Å². The van der Waals surface area contributed by atoms with E-state index in [1.54, 1.807) is 0 Å². The van der Waals surface area contributed by atoms with Crippen LogP contribution >= 0.6 is 0 Å². The first-order valence-electron chi connectivity index (χ1n) is 5.14. The number of hydrogen-bond donors (Lipinski definition) is 0. The molecule has 0 aromatic rings. The van der Waals surface area contributed by atoms with Crippen LogP contribution in [0.25, 0.3) is 0 Å². The molecule has 1 saturated heterocycles. The molecule has 0 spiro atoms. The second-order valence-electron chi connectivity index (χ2n) is 4.45. The molecule has 1 heterocycles. The lowest BCUT2D eigenvalue weighted by molar-refractivity contribution is 0.220. The third kappa shape index (κ3) is 1.63. The van der Waals surface area contributed by atoms with E-state index in [9.17, 15) is 4.39 Å². The van der Waals surface area contributed by atoms with Gasteiger partial charge in [-0.3, -0.25) is 4.90 Å². The van der Waals surface area contributed by atoms with E-state index in [1.165, 1.54) is 19.3 Å². The Balaban J connectivity index is 1.85. The van der Waals surface area contributed by atoms with Gasteiger partial charge in [0.1, 0.15) is 6.17 Å². The molecule has 2 rings (SSSR count). The van der Waals surface area contributed by atoms with Crippen molar-refractivity contribution >= 4 is 0 Å². The molecule has 0 aromatic heterocycles. The van der Waals surface area contributed by atoms with Gasteiger partial charge in [-0.2, -0.15) is 0 Å². The minimum atomic E-state index is -0.541. The Morgan fingerprint density at radius 1 is 1.25 bits per heavy atom. The lowest BCUT2D eigenvalue weighted by Gasteiger charge is -2.22. The fourth-order valence-corrected chi connectivity index (χ4v) is 2.58. The van der Waals surface area contributed by atoms with E-state index in [4.69, 9.17) is 0 Å². The second-order valence-corrected chi connectivity index (χ2v) is 4.45. The van der Waals surface area contributed by atoms with Gasteiger partial charge in [0.15, 0.2) is 0 Å². The normalized spacial score (nSPS) is 44.0. The largest absolute Gasteiger partial charge is 0.297 e. The van der Waals surface area contributed by atoms with Crippen molar-refractivity contribution in [1.29, 1.82) is 0 Å². The number of hydrogen-bond acceptors (Lipinski definition) is 1. The van der Waals surface area contributed by atoms with Gasteiger partial charge in [0.2, 0.25) is 0 Å². The van der Waals surface area contributed by atoms with E-state index < -0.39 is 6.17 Å². The Morgan fingerprint density at radius 3 is 2.58 bits per heavy atom. The van der Waals surface area contributed by atoms with Crippen LogP contribution < -0.4 is 0 Å². The zero-order chi connectivity index (χ0) is 8.55. The number of alkyl halides is 1. The van der Waals surface area contributed by atoms with Crippen LogP contribution in [0.3, 0.4) is 0 Å². The van der Waals surface area contributed by atoms with E-state index in [2.05, 4.69) is 11.8 Å². The minimum absolute atomic E-state index is 0.541. The first kappa shape index (κ1) is 8.49. The molecular formula is C10H18FN. The van der Waals surface area contributed by atoms with Crippen molar-refractivity contribution in [3.63, 3.8) is 0 Å². The van der Waals surface area contributed by atoms with Gasteiger partial charge in [0, 0.05) is 19.1 Å². The maximum atomic E-state index is 12.9. The van der Waals surface area contributed by atoms with Crippen LogP contribution in [0.15, 0.2) is 0 Å². The summed E-state index contributed by atoms with van der Waals surface area (Å²) in [6, 6.07) is 0.709. The summed E-state index contributed by atoms with van der Waals surface area (Å²) in [6.07, 6.45) is 4.17. The predicted molar refractivity (Wildman–Crippen MR) is 47.9 cm³/mol. The van der Waals surface area contributed by atoms with Crippen LogP contribution in [0.4, 0.5) is 4.39 Å². The zero-order valence-electron chi connectivity index (χ0n) is 7.80. The fraction of sp³-hybridized carbons (Fsp3) is 1.00. The Kier molecular flexibility index (Phi) is 2.35. The van der Waals surface area contributed by atoms with Gasteiger partial charge < -0.3 is 0 Å². The average Bonchev–Trinajstić information content (AvgIpc) is 2.58. The smallest absolute Gasteiger partial charge is 0.114 e. The molecule has 3 atom stereocenters. The first-order chi connectivity index (χ1) is 5.75. The fourth-order valence-electron chi connectivity index (χ4n) is 2.58. The lowest BCUT2D eigenvalue weighted by Crippen LogP contribution is -2.31. The second kappa shape index (κ2) is 3.33. The maximum absolute atomic E-state index is 12.9. The Hall–Kier alpha value is -0.110. The first-order valence-corrected chi connectivity index (χ1v) is 5.14. The topological polar surface area (TPSA) is 3.24 Å². The molecule has 2 heteroatoms. The highest BCUT2D eigenvalue weighted by atomic mass is 19.1. The summed E-state index contributed by atoms with van der Waals surface area (Å²) in [5, 5.41) is 0. The number of halogens is 1. The van der Waals surface area contributed by atoms with Gasteiger partial charge in [-0.15, -0.1) is 0 Å². The summed E-state index contributed by atoms with van der Waals surface area (Å²) in [4.78, 5) is 2.36. The highest BCUT2D eigenvalue weighted by molar-refractivity contribution is 4.86. The van der Waals surface area contributed by atoms with E-state index in [0.717, 1.165) is 18.9 Å². The van der Waals surface area contributed by atoms with Gasteiger partial charge >= 0.3 is 0 Å². The molecular weight excluding hydrogens is 153 g/mol. The molecule has 0 aromatic carbocycles. The number of rotatable bonds is 1. The average molecular weight is 171 g/mol. The molecule has 0 bridgehead atoms. The van der Waals surface area contributed by atoms with Crippen LogP contribution in [0.2, 0.25) is 0 Å². The lowest BCUT2D eigenvalue weighted by atomic mass is 10.1. The zero-order valence-corrected chi connectivity index (χ0v) is 7.80. The van der Waals surface area contributed by atoms with Gasteiger partial charge in [-0.25, -0.2) is 4.39 Å². The summed E-state index contributed by atoms with van der Waals surface area (Å²) in [6.45, 7) is 4.01. The van der Waals surface area contributed by atoms with Crippen LogP contribution in [0.5, 0.6) is 0 Å². The van der Waals surface area contributed by atoms with Crippen molar-refractivity contribution in [3.8, 4) is 0 Å². The van der Waals surface area contributed by atoms with Crippen molar-refractivity contribution in [2.75, 3.05) is 13.1 Å². The minimum Gasteiger partial charge on any atom is -0.297 e. The van der Waals surface area contributed by atoms with Gasteiger partial charge in [0.05, 0.1) is 0 Å². The predicted octanol–water partition coefficient (Wildman–Crippen LogP) is 2.22. The summed E-state index contributed by atoms with van der Waals surface area (Å²) >= 11 is 0. The molecule has 70 valence electrons. The Labute approximate surface area is 73.9 Å². The Bertz CT molecular complexity index is 142. The molecule has 1 aliphatic heterocycles. The van der Waals surface area contributed by atoms with Crippen LogP contribution in [0, 0.1) is 5.92 Å². The highest BCUT2D eigenvalue weighted by Gasteiger charge is 2.31. The molecule has 0 radical (unpaired) electrons. The molecule has 1 aliphatic carbocycles. The summed E-state index contributed by atoms with van der Waals surface area (Å²) in [5.41, 5.74) is 0. The van der Waals surface area contributed by atoms with Crippen molar-refractivity contribution in [2.24, 2.45) is 5.92 Å². The Morgan fingerprint density at radius 2 is 2.08 bits per heavy atom. The van der Waals surface area contributed by atoms with Gasteiger partial charge in [0.25, 0.3) is 0 Å². The van der Waals surface area contributed by atoms with Crippen LogP contribution in [-0.2, 0) is 0 Å². The molecule has 2 fully saturated rings. The molecule has 1 saturated carbocycles. The van der Waals surface area contributed by atoms with Crippen molar-refractivity contribution < 1.29 is 4.39 Å². The van der Waals surface area contributed by atoms with Gasteiger partial charge in [-0.05, 0) is 31.6 Å². The van der Waals surface area contributed by atoms with Crippen molar-refractivity contribution in [3.05, 3.63) is 0 Å². The maximum Gasteiger partial charge on any atom is 0.114 e. The third-order valence-corrected chi connectivity index (χ3v) is 3.35. The van der Waals surface area contributed by atoms with Crippen LogP contribution in [0.1, 0.15) is 32.6 Å². The monoisotopic (exact) mass is 171 g/mol. The van der Waals surface area contributed by atoms with Gasteiger partial charge in [-0.1, -0.05) is 6.92 Å². The van der Waals surface area contributed by atoms with Crippen LogP contribution in [-0.4, -0.2) is 30.2 Å². The highest BCUT2D eigenvalue weighted by Crippen LogP contribution is 2.31. The molecule has 0 amide bonds. The van der Waals surface area contributed by atoms with E-state index in [1.807, 2.05) is 0 Å². The molecule has 1 nitrogen and oxygen atoms in total. The summed E-state index contributed by atoms with van der Waals surface area (Å²) in [5.74, 6) is 0.869. The van der Waals surface area contributed by atoms with E-state index in [0.29, 0.717) is 12.6 Å². The summed E-state index contributed by atoms with van der Waals surface area (Å²) < 4.78 is 12.9. The summed E-state index contributed by atoms with van der Waals surface area (Å²) in [7, 11) is 0. The molecule has 2 aliphatic rings. The third-order valence-electron chi connectivity index (χ3n) is 3.35. The molecule has 0 N–H and O–H groups in total. The molecule has 12 heavy (non-hydrogen) atoms. The SMILES string of the molecule is CC1CCC(N2CCC(F)C2)C1. The quantitative estimate of drug-likeness (QED) is 0.584.